The van der Waals surface area contributed by atoms with Crippen LogP contribution in [0, 0.1) is 5.41 Å². The highest BCUT2D eigenvalue weighted by molar-refractivity contribution is 5.77. The highest BCUT2D eigenvalue weighted by Gasteiger charge is 2.38. The third-order valence-electron chi connectivity index (χ3n) is 6.40. The van der Waals surface area contributed by atoms with Crippen LogP contribution in [0.15, 0.2) is 30.3 Å². The maximum absolute atomic E-state index is 12.5. The molecule has 2 aliphatic rings. The van der Waals surface area contributed by atoms with Crippen LogP contribution >= 0.6 is 0 Å². The van der Waals surface area contributed by atoms with E-state index in [0.717, 1.165) is 69.1 Å². The molecular weight excluding hydrogens is 352 g/mol. The Hall–Kier alpha value is -2.37. The van der Waals surface area contributed by atoms with Crippen molar-refractivity contribution in [3.8, 4) is 5.75 Å². The quantitative estimate of drug-likeness (QED) is 0.813. The van der Waals surface area contributed by atoms with E-state index in [2.05, 4.69) is 28.6 Å². The number of hydrogen-bond acceptors (Lipinski definition) is 4. The van der Waals surface area contributed by atoms with E-state index in [-0.39, 0.29) is 12.5 Å². The number of carbonyl (C=O) groups is 1. The number of para-hydroxylation sites is 1. The summed E-state index contributed by atoms with van der Waals surface area (Å²) >= 11 is 0. The minimum atomic E-state index is 0.0894. The van der Waals surface area contributed by atoms with Gasteiger partial charge in [0.25, 0.3) is 5.91 Å². The minimum Gasteiger partial charge on any atom is -0.484 e. The second-order valence-corrected chi connectivity index (χ2v) is 8.51. The number of aryl methyl sites for hydroxylation is 1. The molecule has 0 atom stereocenters. The smallest absolute Gasteiger partial charge is 0.260 e. The summed E-state index contributed by atoms with van der Waals surface area (Å²) in [5, 5.41) is 8.84. The number of ether oxygens (including phenoxy) is 1. The Bertz CT molecular complexity index is 807. The molecule has 0 aliphatic carbocycles. The first-order valence-electron chi connectivity index (χ1n) is 10.4. The van der Waals surface area contributed by atoms with Crippen LogP contribution < -0.4 is 4.74 Å². The Morgan fingerprint density at radius 3 is 2.50 bits per heavy atom. The van der Waals surface area contributed by atoms with E-state index in [9.17, 15) is 4.79 Å². The average molecular weight is 383 g/mol. The standard InChI is InChI=1S/C22H30N4O2/c1-17(2)21-24-23-19-8-9-22(12-15-26(19)21)10-13-25(14-11-22)20(27)16-28-18-6-4-3-5-7-18/h3-7,17H,8-16H2,1-2H3. The molecule has 6 nitrogen and oxygen atoms in total. The van der Waals surface area contributed by atoms with Crippen LogP contribution in [0.1, 0.15) is 57.1 Å². The largest absolute Gasteiger partial charge is 0.484 e. The molecule has 6 heteroatoms. The van der Waals surface area contributed by atoms with Crippen molar-refractivity contribution in [2.24, 2.45) is 5.41 Å². The van der Waals surface area contributed by atoms with E-state index in [1.807, 2.05) is 35.2 Å². The summed E-state index contributed by atoms with van der Waals surface area (Å²) in [6.45, 7) is 7.14. The topological polar surface area (TPSA) is 60.2 Å². The van der Waals surface area contributed by atoms with Gasteiger partial charge in [0.05, 0.1) is 0 Å². The predicted molar refractivity (Wildman–Crippen MR) is 107 cm³/mol. The number of carbonyl (C=O) groups excluding carboxylic acids is 1. The third-order valence-corrected chi connectivity index (χ3v) is 6.40. The predicted octanol–water partition coefficient (Wildman–Crippen LogP) is 3.43. The van der Waals surface area contributed by atoms with Crippen LogP contribution in [0.2, 0.25) is 0 Å². The summed E-state index contributed by atoms with van der Waals surface area (Å²) in [7, 11) is 0. The van der Waals surface area contributed by atoms with Crippen LogP contribution in [0.5, 0.6) is 5.75 Å². The Labute approximate surface area is 166 Å². The molecule has 0 bridgehead atoms. The summed E-state index contributed by atoms with van der Waals surface area (Å²) in [5.41, 5.74) is 0.325. The monoisotopic (exact) mass is 382 g/mol. The van der Waals surface area contributed by atoms with Gasteiger partial charge in [0.15, 0.2) is 6.61 Å². The van der Waals surface area contributed by atoms with Crippen molar-refractivity contribution in [3.63, 3.8) is 0 Å². The lowest BCUT2D eigenvalue weighted by Crippen LogP contribution is -2.45. The van der Waals surface area contributed by atoms with Crippen molar-refractivity contribution >= 4 is 5.91 Å². The number of hydrogen-bond donors (Lipinski definition) is 0. The lowest BCUT2D eigenvalue weighted by Gasteiger charge is -2.41. The molecule has 0 unspecified atom stereocenters. The molecule has 1 spiro atoms. The molecule has 0 radical (unpaired) electrons. The second kappa shape index (κ2) is 7.94. The van der Waals surface area contributed by atoms with Crippen molar-refractivity contribution in [1.82, 2.24) is 19.7 Å². The number of fused-ring (bicyclic) bond motifs is 1. The first-order valence-corrected chi connectivity index (χ1v) is 10.4. The molecule has 2 aromatic rings. The summed E-state index contributed by atoms with van der Waals surface area (Å²) in [4.78, 5) is 14.5. The number of piperidine rings is 1. The molecule has 3 heterocycles. The van der Waals surface area contributed by atoms with Crippen molar-refractivity contribution in [1.29, 1.82) is 0 Å². The Morgan fingerprint density at radius 1 is 1.07 bits per heavy atom. The van der Waals surface area contributed by atoms with Crippen LogP contribution in [0.3, 0.4) is 0 Å². The summed E-state index contributed by atoms with van der Waals surface area (Å²) in [6.07, 6.45) is 5.43. The Kier molecular flexibility index (Phi) is 5.38. The van der Waals surface area contributed by atoms with Gasteiger partial charge in [-0.15, -0.1) is 10.2 Å². The molecule has 0 saturated carbocycles. The average Bonchev–Trinajstić information content (AvgIpc) is 3.06. The van der Waals surface area contributed by atoms with Gasteiger partial charge in [-0.2, -0.15) is 0 Å². The normalized spacial score (nSPS) is 18.8. The number of amides is 1. The summed E-state index contributed by atoms with van der Waals surface area (Å²) in [5.74, 6) is 3.48. The molecule has 1 aromatic heterocycles. The lowest BCUT2D eigenvalue weighted by molar-refractivity contribution is -0.135. The van der Waals surface area contributed by atoms with E-state index in [1.165, 1.54) is 0 Å². The fraction of sp³-hybridized carbons (Fsp3) is 0.591. The Morgan fingerprint density at radius 2 is 1.79 bits per heavy atom. The zero-order chi connectivity index (χ0) is 19.6. The fourth-order valence-electron chi connectivity index (χ4n) is 4.54. The van der Waals surface area contributed by atoms with Gasteiger partial charge in [-0.05, 0) is 43.2 Å². The molecule has 2 aliphatic heterocycles. The number of nitrogens with zero attached hydrogens (tertiary/aromatic N) is 4. The van der Waals surface area contributed by atoms with Gasteiger partial charge in [0, 0.05) is 32.0 Å². The van der Waals surface area contributed by atoms with Crippen LogP contribution in [-0.4, -0.2) is 45.3 Å². The second-order valence-electron chi connectivity index (χ2n) is 8.51. The van der Waals surface area contributed by atoms with E-state index in [4.69, 9.17) is 4.74 Å². The van der Waals surface area contributed by atoms with E-state index < -0.39 is 0 Å². The summed E-state index contributed by atoms with van der Waals surface area (Å²) in [6, 6.07) is 9.54. The number of aromatic nitrogens is 3. The van der Waals surface area contributed by atoms with Gasteiger partial charge < -0.3 is 14.2 Å². The highest BCUT2D eigenvalue weighted by atomic mass is 16.5. The number of benzene rings is 1. The van der Waals surface area contributed by atoms with Crippen molar-refractivity contribution in [2.45, 2.75) is 58.4 Å². The van der Waals surface area contributed by atoms with Crippen LogP contribution in [0.4, 0.5) is 0 Å². The maximum Gasteiger partial charge on any atom is 0.260 e. The molecule has 4 rings (SSSR count). The first kappa shape index (κ1) is 19.0. The van der Waals surface area contributed by atoms with Gasteiger partial charge in [-0.3, -0.25) is 4.79 Å². The van der Waals surface area contributed by atoms with Gasteiger partial charge >= 0.3 is 0 Å². The van der Waals surface area contributed by atoms with E-state index >= 15 is 0 Å². The molecule has 0 N–H and O–H groups in total. The van der Waals surface area contributed by atoms with Crippen molar-refractivity contribution in [2.75, 3.05) is 19.7 Å². The van der Waals surface area contributed by atoms with Crippen LogP contribution in [-0.2, 0) is 17.8 Å². The van der Waals surface area contributed by atoms with Gasteiger partial charge in [0.1, 0.15) is 17.4 Å². The lowest BCUT2D eigenvalue weighted by atomic mass is 9.73. The maximum atomic E-state index is 12.5. The fourth-order valence-corrected chi connectivity index (χ4v) is 4.54. The molecule has 1 fully saturated rings. The number of likely N-dealkylation sites (tertiary alicyclic amines) is 1. The molecule has 28 heavy (non-hydrogen) atoms. The van der Waals surface area contributed by atoms with Gasteiger partial charge in [-0.25, -0.2) is 0 Å². The zero-order valence-corrected chi connectivity index (χ0v) is 16.9. The molecule has 1 amide bonds. The molecular formula is C22H30N4O2. The Balaban J connectivity index is 1.32. The van der Waals surface area contributed by atoms with Crippen molar-refractivity contribution < 1.29 is 9.53 Å². The first-order chi connectivity index (χ1) is 13.6. The molecule has 1 aromatic carbocycles. The van der Waals surface area contributed by atoms with E-state index in [1.54, 1.807) is 0 Å². The summed E-state index contributed by atoms with van der Waals surface area (Å²) < 4.78 is 7.97. The minimum absolute atomic E-state index is 0.0894. The van der Waals surface area contributed by atoms with Crippen molar-refractivity contribution in [3.05, 3.63) is 42.0 Å². The molecule has 150 valence electrons. The number of rotatable bonds is 4. The third kappa shape index (κ3) is 3.91. The zero-order valence-electron chi connectivity index (χ0n) is 16.9. The van der Waals surface area contributed by atoms with Crippen LogP contribution in [0.25, 0.3) is 0 Å². The van der Waals surface area contributed by atoms with E-state index in [0.29, 0.717) is 11.3 Å². The molecule has 1 saturated heterocycles. The SMILES string of the molecule is CC(C)c1nnc2n1CCC1(CC2)CCN(C(=O)COc2ccccc2)CC1. The van der Waals surface area contributed by atoms with Gasteiger partial charge in [-0.1, -0.05) is 32.0 Å². The highest BCUT2D eigenvalue weighted by Crippen LogP contribution is 2.42. The van der Waals surface area contributed by atoms with Gasteiger partial charge in [0.2, 0.25) is 0 Å².